The van der Waals surface area contributed by atoms with Gasteiger partial charge >= 0.3 is 0 Å². The van der Waals surface area contributed by atoms with Crippen molar-refractivity contribution >= 4 is 28.7 Å². The smallest absolute Gasteiger partial charge is 0.191 e. The molecule has 2 N–H and O–H groups in total. The number of thiocarbonyl (C=S) groups is 1. The average molecular weight is 313 g/mol. The SMILES string of the molecule is CC/C(=N/NC(=S)Nc1cccc(OC)c1)c1ccccc1. The van der Waals surface area contributed by atoms with E-state index in [9.17, 15) is 0 Å². The Balaban J connectivity index is 2.00. The van der Waals surface area contributed by atoms with Crippen molar-refractivity contribution in [2.24, 2.45) is 5.10 Å². The fraction of sp³-hybridized carbons (Fsp3) is 0.176. The Morgan fingerprint density at radius 1 is 1.14 bits per heavy atom. The van der Waals surface area contributed by atoms with Crippen molar-refractivity contribution < 1.29 is 4.74 Å². The number of anilines is 1. The summed E-state index contributed by atoms with van der Waals surface area (Å²) in [6.07, 6.45) is 0.818. The molecule has 2 rings (SSSR count). The standard InChI is InChI=1S/C17H19N3OS/c1-3-16(13-8-5-4-6-9-13)19-20-17(22)18-14-10-7-11-15(12-14)21-2/h4-12H,3H2,1-2H3,(H2,18,20,22)/b19-16-. The molecule has 22 heavy (non-hydrogen) atoms. The molecular weight excluding hydrogens is 294 g/mol. The maximum absolute atomic E-state index is 5.26. The summed E-state index contributed by atoms with van der Waals surface area (Å²) in [5.74, 6) is 0.773. The molecule has 4 nitrogen and oxygen atoms in total. The molecule has 0 saturated carbocycles. The largest absolute Gasteiger partial charge is 0.497 e. The number of ether oxygens (including phenoxy) is 1. The summed E-state index contributed by atoms with van der Waals surface area (Å²) in [4.78, 5) is 0. The minimum atomic E-state index is 0.440. The summed E-state index contributed by atoms with van der Waals surface area (Å²) in [7, 11) is 1.63. The Bertz CT molecular complexity index is 656. The number of nitrogens with zero attached hydrogens (tertiary/aromatic N) is 1. The zero-order chi connectivity index (χ0) is 15.8. The van der Waals surface area contributed by atoms with Gasteiger partial charge in [0, 0.05) is 11.8 Å². The van der Waals surface area contributed by atoms with Crippen LogP contribution in [-0.4, -0.2) is 17.9 Å². The van der Waals surface area contributed by atoms with Crippen LogP contribution in [0.2, 0.25) is 0 Å². The second-order valence-electron chi connectivity index (χ2n) is 4.58. The number of rotatable bonds is 5. The molecule has 0 spiro atoms. The van der Waals surface area contributed by atoms with Gasteiger partial charge in [0.15, 0.2) is 5.11 Å². The number of methoxy groups -OCH3 is 1. The van der Waals surface area contributed by atoms with Crippen LogP contribution < -0.4 is 15.5 Å². The molecule has 2 aromatic carbocycles. The van der Waals surface area contributed by atoms with Crippen LogP contribution in [0.25, 0.3) is 0 Å². The Morgan fingerprint density at radius 3 is 2.59 bits per heavy atom. The predicted molar refractivity (Wildman–Crippen MR) is 95.6 cm³/mol. The van der Waals surface area contributed by atoms with E-state index in [1.54, 1.807) is 7.11 Å². The van der Waals surface area contributed by atoms with E-state index in [0.717, 1.165) is 29.1 Å². The molecule has 5 heteroatoms. The van der Waals surface area contributed by atoms with Gasteiger partial charge in [-0.25, -0.2) is 0 Å². The van der Waals surface area contributed by atoms with Crippen molar-refractivity contribution in [1.82, 2.24) is 5.43 Å². The van der Waals surface area contributed by atoms with E-state index in [2.05, 4.69) is 22.8 Å². The van der Waals surface area contributed by atoms with E-state index >= 15 is 0 Å². The molecule has 0 aliphatic carbocycles. The number of hydrogen-bond acceptors (Lipinski definition) is 3. The van der Waals surface area contributed by atoms with Crippen LogP contribution in [0.5, 0.6) is 5.75 Å². The summed E-state index contributed by atoms with van der Waals surface area (Å²) in [5.41, 5.74) is 5.78. The third-order valence-corrected chi connectivity index (χ3v) is 3.26. The lowest BCUT2D eigenvalue weighted by Crippen LogP contribution is -2.25. The molecule has 0 fully saturated rings. The highest BCUT2D eigenvalue weighted by molar-refractivity contribution is 7.80. The molecule has 0 atom stereocenters. The topological polar surface area (TPSA) is 45.7 Å². The first kappa shape index (κ1) is 16.0. The summed E-state index contributed by atoms with van der Waals surface area (Å²) in [5, 5.41) is 7.90. The Hall–Kier alpha value is -2.40. The zero-order valence-corrected chi connectivity index (χ0v) is 13.5. The van der Waals surface area contributed by atoms with Crippen molar-refractivity contribution in [1.29, 1.82) is 0 Å². The molecule has 0 saturated heterocycles. The number of benzene rings is 2. The van der Waals surface area contributed by atoms with Crippen molar-refractivity contribution in [2.45, 2.75) is 13.3 Å². The van der Waals surface area contributed by atoms with Crippen LogP contribution in [-0.2, 0) is 0 Å². The maximum atomic E-state index is 5.26. The van der Waals surface area contributed by atoms with E-state index in [1.807, 2.05) is 54.6 Å². The lowest BCUT2D eigenvalue weighted by molar-refractivity contribution is 0.415. The molecule has 0 amide bonds. The quantitative estimate of drug-likeness (QED) is 0.501. The summed E-state index contributed by atoms with van der Waals surface area (Å²) >= 11 is 5.26. The van der Waals surface area contributed by atoms with E-state index in [4.69, 9.17) is 17.0 Å². The average Bonchev–Trinajstić information content (AvgIpc) is 2.56. The molecule has 2 aromatic rings. The van der Waals surface area contributed by atoms with Gasteiger partial charge in [-0.1, -0.05) is 43.3 Å². The van der Waals surface area contributed by atoms with Gasteiger partial charge in [0.1, 0.15) is 5.75 Å². The van der Waals surface area contributed by atoms with Gasteiger partial charge in [-0.3, -0.25) is 5.43 Å². The molecule has 0 aliphatic heterocycles. The maximum Gasteiger partial charge on any atom is 0.191 e. The van der Waals surface area contributed by atoms with Crippen molar-refractivity contribution in [3.05, 3.63) is 60.2 Å². The van der Waals surface area contributed by atoms with Crippen LogP contribution in [0, 0.1) is 0 Å². The van der Waals surface area contributed by atoms with E-state index in [1.165, 1.54) is 0 Å². The van der Waals surface area contributed by atoms with E-state index < -0.39 is 0 Å². The summed E-state index contributed by atoms with van der Waals surface area (Å²) in [6.45, 7) is 2.06. The monoisotopic (exact) mass is 313 g/mol. The predicted octanol–water partition coefficient (Wildman–Crippen LogP) is 3.80. The fourth-order valence-electron chi connectivity index (χ4n) is 1.96. The second kappa shape index (κ2) is 8.14. The number of hydrogen-bond donors (Lipinski definition) is 2. The van der Waals surface area contributed by atoms with Crippen LogP contribution in [0.4, 0.5) is 5.69 Å². The first-order chi connectivity index (χ1) is 10.7. The van der Waals surface area contributed by atoms with E-state index in [0.29, 0.717) is 5.11 Å². The molecule has 0 bridgehead atoms. The summed E-state index contributed by atoms with van der Waals surface area (Å²) in [6, 6.07) is 17.6. The molecule has 114 valence electrons. The van der Waals surface area contributed by atoms with Gasteiger partial charge in [0.05, 0.1) is 12.8 Å². The van der Waals surface area contributed by atoms with Gasteiger partial charge in [-0.05, 0) is 36.3 Å². The minimum Gasteiger partial charge on any atom is -0.497 e. The first-order valence-electron chi connectivity index (χ1n) is 7.06. The van der Waals surface area contributed by atoms with Crippen molar-refractivity contribution in [3.63, 3.8) is 0 Å². The normalized spacial score (nSPS) is 10.9. The lowest BCUT2D eigenvalue weighted by atomic mass is 10.1. The van der Waals surface area contributed by atoms with Crippen molar-refractivity contribution in [3.8, 4) is 5.75 Å². The van der Waals surface area contributed by atoms with Crippen LogP contribution in [0.15, 0.2) is 59.7 Å². The molecule has 0 radical (unpaired) electrons. The van der Waals surface area contributed by atoms with Gasteiger partial charge < -0.3 is 10.1 Å². The molecule has 0 heterocycles. The highest BCUT2D eigenvalue weighted by atomic mass is 32.1. The Kier molecular flexibility index (Phi) is 5.91. The zero-order valence-electron chi connectivity index (χ0n) is 12.7. The van der Waals surface area contributed by atoms with Crippen LogP contribution >= 0.6 is 12.2 Å². The highest BCUT2D eigenvalue weighted by Crippen LogP contribution is 2.16. The van der Waals surface area contributed by atoms with Crippen LogP contribution in [0.1, 0.15) is 18.9 Å². The second-order valence-corrected chi connectivity index (χ2v) is 4.98. The fourth-order valence-corrected chi connectivity index (χ4v) is 2.12. The minimum absolute atomic E-state index is 0.440. The van der Waals surface area contributed by atoms with Crippen LogP contribution in [0.3, 0.4) is 0 Å². The van der Waals surface area contributed by atoms with Gasteiger partial charge in [-0.2, -0.15) is 5.10 Å². The first-order valence-corrected chi connectivity index (χ1v) is 7.46. The van der Waals surface area contributed by atoms with Gasteiger partial charge in [-0.15, -0.1) is 0 Å². The Labute approximate surface area is 136 Å². The van der Waals surface area contributed by atoms with Gasteiger partial charge in [0.25, 0.3) is 0 Å². The highest BCUT2D eigenvalue weighted by Gasteiger charge is 2.02. The van der Waals surface area contributed by atoms with Crippen molar-refractivity contribution in [2.75, 3.05) is 12.4 Å². The van der Waals surface area contributed by atoms with Gasteiger partial charge in [0.2, 0.25) is 0 Å². The summed E-state index contributed by atoms with van der Waals surface area (Å²) < 4.78 is 5.18. The lowest BCUT2D eigenvalue weighted by Gasteiger charge is -2.10. The Morgan fingerprint density at radius 2 is 1.91 bits per heavy atom. The molecule has 0 aromatic heterocycles. The third-order valence-electron chi connectivity index (χ3n) is 3.06. The molecule has 0 unspecified atom stereocenters. The number of nitrogens with one attached hydrogen (secondary N) is 2. The third kappa shape index (κ3) is 4.56. The van der Waals surface area contributed by atoms with E-state index in [-0.39, 0.29) is 0 Å². The molecule has 0 aliphatic rings. The molecular formula is C17H19N3OS. The number of hydrazone groups is 1.